The van der Waals surface area contributed by atoms with Gasteiger partial charge in [0.2, 0.25) is 12.7 Å². The molecule has 1 saturated heterocycles. The average Bonchev–Trinajstić information content (AvgIpc) is 3.32. The maximum Gasteiger partial charge on any atom is 0.271 e. The molecule has 0 aliphatic carbocycles. The fraction of sp³-hybridized carbons (Fsp3) is 0.150. The standard InChI is InChI=1S/C20H15N3O7S2/c24-14-3-2-12(23(27)28)9-13(14)21-18(25)5-6-22-19(26)17(32-20(22)31)8-11-1-4-15-16(7-11)30-10-29-15/h1-4,7-9,24H,5-6,10H2,(H,21,25)/b17-8+. The molecule has 0 radical (unpaired) electrons. The van der Waals surface area contributed by atoms with Gasteiger partial charge in [0.15, 0.2) is 11.5 Å². The number of amides is 2. The predicted molar refractivity (Wildman–Crippen MR) is 120 cm³/mol. The lowest BCUT2D eigenvalue weighted by Gasteiger charge is -2.14. The van der Waals surface area contributed by atoms with E-state index in [1.807, 2.05) is 0 Å². The molecular formula is C20H15N3O7S2. The first-order chi connectivity index (χ1) is 15.3. The maximum absolute atomic E-state index is 12.7. The van der Waals surface area contributed by atoms with Crippen LogP contribution < -0.4 is 14.8 Å². The number of fused-ring (bicyclic) bond motifs is 1. The smallest absolute Gasteiger partial charge is 0.271 e. The molecule has 0 aromatic heterocycles. The van der Waals surface area contributed by atoms with Crippen molar-refractivity contribution in [2.24, 2.45) is 0 Å². The number of benzene rings is 2. The zero-order valence-corrected chi connectivity index (χ0v) is 17.9. The van der Waals surface area contributed by atoms with Crippen LogP contribution in [0.2, 0.25) is 0 Å². The minimum absolute atomic E-state index is 0.0185. The first kappa shape index (κ1) is 21.6. The topological polar surface area (TPSA) is 131 Å². The molecule has 2 aromatic rings. The summed E-state index contributed by atoms with van der Waals surface area (Å²) < 4.78 is 10.9. The van der Waals surface area contributed by atoms with Crippen molar-refractivity contribution < 1.29 is 29.1 Å². The highest BCUT2D eigenvalue weighted by Gasteiger charge is 2.32. The number of thioether (sulfide) groups is 1. The number of hydrogen-bond acceptors (Lipinski definition) is 9. The van der Waals surface area contributed by atoms with E-state index in [-0.39, 0.29) is 42.8 Å². The second-order valence-electron chi connectivity index (χ2n) is 6.70. The Bertz CT molecular complexity index is 1180. The minimum Gasteiger partial charge on any atom is -0.506 e. The lowest BCUT2D eigenvalue weighted by atomic mass is 10.2. The zero-order chi connectivity index (χ0) is 22.8. The molecule has 2 heterocycles. The molecular weight excluding hydrogens is 458 g/mol. The van der Waals surface area contributed by atoms with Gasteiger partial charge in [-0.05, 0) is 29.8 Å². The van der Waals surface area contributed by atoms with Crippen LogP contribution in [0.4, 0.5) is 11.4 Å². The molecule has 32 heavy (non-hydrogen) atoms. The van der Waals surface area contributed by atoms with Crippen molar-refractivity contribution >= 4 is 57.6 Å². The van der Waals surface area contributed by atoms with Gasteiger partial charge in [0.25, 0.3) is 11.6 Å². The summed E-state index contributed by atoms with van der Waals surface area (Å²) in [4.78, 5) is 37.0. The Kier molecular flexibility index (Phi) is 5.97. The highest BCUT2D eigenvalue weighted by atomic mass is 32.2. The third-order valence-corrected chi connectivity index (χ3v) is 5.97. The molecule has 1 fully saturated rings. The largest absolute Gasteiger partial charge is 0.506 e. The second-order valence-corrected chi connectivity index (χ2v) is 8.38. The van der Waals surface area contributed by atoms with Crippen LogP contribution in [0.25, 0.3) is 6.08 Å². The van der Waals surface area contributed by atoms with E-state index < -0.39 is 10.8 Å². The highest BCUT2D eigenvalue weighted by molar-refractivity contribution is 8.26. The van der Waals surface area contributed by atoms with E-state index in [9.17, 15) is 24.8 Å². The van der Waals surface area contributed by atoms with Gasteiger partial charge in [-0.3, -0.25) is 24.6 Å². The van der Waals surface area contributed by atoms with Crippen molar-refractivity contribution in [1.82, 2.24) is 4.90 Å². The number of nitrogens with zero attached hydrogens (tertiary/aromatic N) is 2. The molecule has 2 aliphatic heterocycles. The van der Waals surface area contributed by atoms with Crippen LogP contribution in [-0.2, 0) is 9.59 Å². The molecule has 164 valence electrons. The molecule has 10 nitrogen and oxygen atoms in total. The van der Waals surface area contributed by atoms with Crippen molar-refractivity contribution in [2.45, 2.75) is 6.42 Å². The summed E-state index contributed by atoms with van der Waals surface area (Å²) in [6.45, 7) is 0.168. The van der Waals surface area contributed by atoms with Crippen molar-refractivity contribution in [3.63, 3.8) is 0 Å². The summed E-state index contributed by atoms with van der Waals surface area (Å²) in [5.41, 5.74) is 0.384. The number of phenolic OH excluding ortho intramolecular Hbond substituents is 1. The Morgan fingerprint density at radius 1 is 1.28 bits per heavy atom. The van der Waals surface area contributed by atoms with Gasteiger partial charge in [0, 0.05) is 25.1 Å². The molecule has 0 bridgehead atoms. The number of carbonyl (C=O) groups is 2. The molecule has 2 N–H and O–H groups in total. The van der Waals surface area contributed by atoms with E-state index in [2.05, 4.69) is 5.32 Å². The molecule has 12 heteroatoms. The zero-order valence-electron chi connectivity index (χ0n) is 16.3. The summed E-state index contributed by atoms with van der Waals surface area (Å²) in [5, 5.41) is 23.1. The SMILES string of the molecule is O=C(CCN1C(=O)/C(=C\c2ccc3c(c2)OCO3)SC1=S)Nc1cc([N+](=O)[O-])ccc1O. The molecule has 2 amide bonds. The average molecular weight is 473 g/mol. The molecule has 4 rings (SSSR count). The molecule has 0 saturated carbocycles. The van der Waals surface area contributed by atoms with Crippen molar-refractivity contribution in [3.05, 3.63) is 57.0 Å². The van der Waals surface area contributed by atoms with E-state index in [4.69, 9.17) is 21.7 Å². The highest BCUT2D eigenvalue weighted by Crippen LogP contribution is 2.36. The first-order valence-electron chi connectivity index (χ1n) is 9.24. The number of anilines is 1. The fourth-order valence-corrected chi connectivity index (χ4v) is 4.32. The summed E-state index contributed by atoms with van der Waals surface area (Å²) in [6, 6.07) is 8.60. The Hall–Kier alpha value is -3.64. The van der Waals surface area contributed by atoms with E-state index in [1.165, 1.54) is 4.90 Å². The number of carbonyl (C=O) groups excluding carboxylic acids is 2. The monoisotopic (exact) mass is 473 g/mol. The third-order valence-electron chi connectivity index (χ3n) is 4.60. The van der Waals surface area contributed by atoms with Gasteiger partial charge in [-0.1, -0.05) is 30.0 Å². The number of nitrogens with one attached hydrogen (secondary N) is 1. The predicted octanol–water partition coefficient (Wildman–Crippen LogP) is 3.26. The van der Waals surface area contributed by atoms with Gasteiger partial charge < -0.3 is 19.9 Å². The Balaban J connectivity index is 1.39. The van der Waals surface area contributed by atoms with Gasteiger partial charge in [-0.25, -0.2) is 0 Å². The molecule has 0 atom stereocenters. The van der Waals surface area contributed by atoms with Gasteiger partial charge in [-0.15, -0.1) is 0 Å². The number of non-ortho nitro benzene ring substituents is 1. The number of nitro benzene ring substituents is 1. The van der Waals surface area contributed by atoms with E-state index in [0.717, 1.165) is 35.5 Å². The molecule has 2 aliphatic rings. The Labute approximate surface area is 190 Å². The van der Waals surface area contributed by atoms with Crippen LogP contribution >= 0.6 is 24.0 Å². The molecule has 0 spiro atoms. The Morgan fingerprint density at radius 3 is 2.84 bits per heavy atom. The summed E-state index contributed by atoms with van der Waals surface area (Å²) >= 11 is 6.40. The number of nitro groups is 1. The lowest BCUT2D eigenvalue weighted by molar-refractivity contribution is -0.384. The normalized spacial score (nSPS) is 16.0. The summed E-state index contributed by atoms with van der Waals surface area (Å²) in [6.07, 6.45) is 1.56. The van der Waals surface area contributed by atoms with Crippen LogP contribution in [-0.4, -0.2) is 44.4 Å². The van der Waals surface area contributed by atoms with Crippen LogP contribution in [0.15, 0.2) is 41.3 Å². The minimum atomic E-state index is -0.637. The number of hydrogen-bond donors (Lipinski definition) is 2. The van der Waals surface area contributed by atoms with E-state index >= 15 is 0 Å². The van der Waals surface area contributed by atoms with Crippen molar-refractivity contribution in [1.29, 1.82) is 0 Å². The number of rotatable bonds is 6. The number of aromatic hydroxyl groups is 1. The molecule has 0 unspecified atom stereocenters. The number of phenols is 1. The number of thiocarbonyl (C=S) groups is 1. The summed E-state index contributed by atoms with van der Waals surface area (Å²) in [7, 11) is 0. The maximum atomic E-state index is 12.7. The second kappa shape index (κ2) is 8.85. The van der Waals surface area contributed by atoms with Crippen LogP contribution in [0, 0.1) is 10.1 Å². The Morgan fingerprint density at radius 2 is 2.06 bits per heavy atom. The quantitative estimate of drug-likeness (QED) is 0.213. The van der Waals surface area contributed by atoms with Crippen molar-refractivity contribution in [3.8, 4) is 17.2 Å². The summed E-state index contributed by atoms with van der Waals surface area (Å²) in [5.74, 6) is 0.0604. The van der Waals surface area contributed by atoms with Crippen LogP contribution in [0.3, 0.4) is 0 Å². The fourth-order valence-electron chi connectivity index (χ4n) is 3.01. The number of ether oxygens (including phenoxy) is 2. The van der Waals surface area contributed by atoms with E-state index in [0.29, 0.717) is 20.7 Å². The van der Waals surface area contributed by atoms with Gasteiger partial charge in [0.1, 0.15) is 10.1 Å². The van der Waals surface area contributed by atoms with Crippen LogP contribution in [0.1, 0.15) is 12.0 Å². The lowest BCUT2D eigenvalue weighted by Crippen LogP contribution is -2.31. The van der Waals surface area contributed by atoms with E-state index in [1.54, 1.807) is 24.3 Å². The first-order valence-corrected chi connectivity index (χ1v) is 10.5. The molecule has 2 aromatic carbocycles. The van der Waals surface area contributed by atoms with Gasteiger partial charge in [0.05, 0.1) is 15.5 Å². The van der Waals surface area contributed by atoms with Crippen molar-refractivity contribution in [2.75, 3.05) is 18.7 Å². The van der Waals surface area contributed by atoms with Crippen LogP contribution in [0.5, 0.6) is 17.2 Å². The van der Waals surface area contributed by atoms with Gasteiger partial charge >= 0.3 is 0 Å². The third kappa shape index (κ3) is 4.50. The van der Waals surface area contributed by atoms with Gasteiger partial charge in [-0.2, -0.15) is 0 Å².